The fourth-order valence-electron chi connectivity index (χ4n) is 0.930. The van der Waals surface area contributed by atoms with Crippen molar-refractivity contribution in [3.63, 3.8) is 0 Å². The van der Waals surface area contributed by atoms with Crippen LogP contribution in [0.2, 0.25) is 0 Å². The van der Waals surface area contributed by atoms with Crippen LogP contribution in [0.25, 0.3) is 0 Å². The lowest BCUT2D eigenvalue weighted by Gasteiger charge is -1.97. The molecule has 0 aliphatic carbocycles. The summed E-state index contributed by atoms with van der Waals surface area (Å²) in [4.78, 5) is 3.60. The number of nitrogen functional groups attached to an aromatic ring is 1. The van der Waals surface area contributed by atoms with E-state index < -0.39 is 0 Å². The second-order valence-electron chi connectivity index (χ2n) is 2.13. The first kappa shape index (κ1) is 8.31. The number of hydrogen-bond donors (Lipinski definition) is 4. The predicted molar refractivity (Wildman–Crippen MR) is 42.2 cm³/mol. The first-order chi connectivity index (χ1) is 5.63. The Hall–Kier alpha value is -1.79. The summed E-state index contributed by atoms with van der Waals surface area (Å²) in [6, 6.07) is 0. The van der Waals surface area contributed by atoms with Gasteiger partial charge in [0.2, 0.25) is 0 Å². The number of nitrogens with two attached hydrogens (primary N) is 1. The highest BCUT2D eigenvalue weighted by Gasteiger charge is 2.12. The fraction of sp³-hybridized carbons (Fsp3) is 0.400. The summed E-state index contributed by atoms with van der Waals surface area (Å²) in [5, 5.41) is 21.1. The van der Waals surface area contributed by atoms with Crippen LogP contribution in [-0.4, -0.2) is 34.0 Å². The van der Waals surface area contributed by atoms with E-state index in [9.17, 15) is 10.4 Å². The normalized spacial score (nSPS) is 12.0. The number of rotatable bonds is 1. The third kappa shape index (κ3) is 0.865. The maximum Gasteiger partial charge on any atom is 0.275 e. The van der Waals surface area contributed by atoms with E-state index in [-0.39, 0.29) is 17.3 Å². The average Bonchev–Trinajstić information content (AvgIpc) is 2.25. The van der Waals surface area contributed by atoms with E-state index in [4.69, 9.17) is 5.73 Å². The molecule has 0 unspecified atom stereocenters. The molecular formula is C5H11N5O2. The molecule has 7 heteroatoms. The number of aromatic nitrogens is 2. The van der Waals surface area contributed by atoms with Gasteiger partial charge in [-0.25, -0.2) is 0 Å². The van der Waals surface area contributed by atoms with Crippen molar-refractivity contribution in [1.29, 1.82) is 0 Å². The molecule has 1 rings (SSSR count). The molecule has 0 bridgehead atoms. The molecule has 0 saturated carbocycles. The van der Waals surface area contributed by atoms with E-state index >= 15 is 0 Å². The van der Waals surface area contributed by atoms with Gasteiger partial charge in [0, 0.05) is 14.1 Å². The lowest BCUT2D eigenvalue weighted by Crippen LogP contribution is -2.24. The molecule has 0 aliphatic heterocycles. The van der Waals surface area contributed by atoms with Crippen LogP contribution in [0.3, 0.4) is 0 Å². The molecule has 68 valence electrons. The summed E-state index contributed by atoms with van der Waals surface area (Å²) < 4.78 is 1.25. The SMILES string of the molecule is CN=c1n(O)c(N)c(NC)n1O. The van der Waals surface area contributed by atoms with Crippen LogP contribution < -0.4 is 16.7 Å². The van der Waals surface area contributed by atoms with Gasteiger partial charge in [-0.05, 0) is 0 Å². The molecule has 0 spiro atoms. The summed E-state index contributed by atoms with van der Waals surface area (Å²) >= 11 is 0. The Labute approximate surface area is 68.3 Å². The second-order valence-corrected chi connectivity index (χ2v) is 2.13. The minimum Gasteiger partial charge on any atom is -0.423 e. The van der Waals surface area contributed by atoms with E-state index in [0.29, 0.717) is 9.46 Å². The molecular weight excluding hydrogens is 162 g/mol. The van der Waals surface area contributed by atoms with Crippen LogP contribution in [-0.2, 0) is 0 Å². The van der Waals surface area contributed by atoms with Crippen LogP contribution in [0.4, 0.5) is 11.6 Å². The molecule has 0 fully saturated rings. The molecule has 0 amide bonds. The maximum absolute atomic E-state index is 9.29. The first-order valence-corrected chi connectivity index (χ1v) is 3.25. The summed E-state index contributed by atoms with van der Waals surface area (Å²) in [5.74, 6) is 0.193. The molecule has 1 aromatic rings. The smallest absolute Gasteiger partial charge is 0.275 e. The molecule has 0 atom stereocenters. The molecule has 0 radical (unpaired) electrons. The highest BCUT2D eigenvalue weighted by atomic mass is 16.5. The van der Waals surface area contributed by atoms with Crippen molar-refractivity contribution in [3.05, 3.63) is 5.62 Å². The monoisotopic (exact) mass is 173 g/mol. The molecule has 0 aromatic carbocycles. The Bertz CT molecular complexity index is 349. The molecule has 0 aliphatic rings. The van der Waals surface area contributed by atoms with Crippen LogP contribution in [0.1, 0.15) is 0 Å². The van der Waals surface area contributed by atoms with Gasteiger partial charge in [0.25, 0.3) is 5.62 Å². The molecule has 12 heavy (non-hydrogen) atoms. The Morgan fingerprint density at radius 1 is 1.42 bits per heavy atom. The Balaban J connectivity index is 3.55. The maximum atomic E-state index is 9.29. The summed E-state index contributed by atoms with van der Waals surface area (Å²) in [6.45, 7) is 0. The first-order valence-electron chi connectivity index (χ1n) is 3.25. The largest absolute Gasteiger partial charge is 0.423 e. The molecule has 1 aromatic heterocycles. The molecule has 5 N–H and O–H groups in total. The van der Waals surface area contributed by atoms with Gasteiger partial charge >= 0.3 is 0 Å². The van der Waals surface area contributed by atoms with Crippen molar-refractivity contribution in [2.24, 2.45) is 4.99 Å². The lowest BCUT2D eigenvalue weighted by atomic mass is 10.6. The van der Waals surface area contributed by atoms with Crippen molar-refractivity contribution >= 4 is 11.6 Å². The zero-order chi connectivity index (χ0) is 9.30. The van der Waals surface area contributed by atoms with Crippen molar-refractivity contribution < 1.29 is 10.4 Å². The lowest BCUT2D eigenvalue weighted by molar-refractivity contribution is 0.128. The topological polar surface area (TPSA) is 101 Å². The highest BCUT2D eigenvalue weighted by molar-refractivity contribution is 5.56. The number of nitrogens with zero attached hydrogens (tertiary/aromatic N) is 3. The van der Waals surface area contributed by atoms with Gasteiger partial charge in [0.15, 0.2) is 11.6 Å². The minimum atomic E-state index is -0.0446. The predicted octanol–water partition coefficient (Wildman–Crippen LogP) is -1.08. The van der Waals surface area contributed by atoms with Gasteiger partial charge in [-0.1, -0.05) is 0 Å². The van der Waals surface area contributed by atoms with E-state index in [1.165, 1.54) is 7.05 Å². The van der Waals surface area contributed by atoms with Crippen LogP contribution in [0.5, 0.6) is 0 Å². The highest BCUT2D eigenvalue weighted by Crippen LogP contribution is 2.12. The fourth-order valence-corrected chi connectivity index (χ4v) is 0.930. The van der Waals surface area contributed by atoms with Crippen LogP contribution in [0.15, 0.2) is 4.99 Å². The van der Waals surface area contributed by atoms with Crippen LogP contribution in [0, 0.1) is 0 Å². The zero-order valence-electron chi connectivity index (χ0n) is 6.81. The second kappa shape index (κ2) is 2.68. The molecule has 0 saturated heterocycles. The van der Waals surface area contributed by atoms with Gasteiger partial charge in [0.1, 0.15) is 0 Å². The Morgan fingerprint density at radius 3 is 2.25 bits per heavy atom. The summed E-state index contributed by atoms with van der Waals surface area (Å²) in [5.41, 5.74) is 5.36. The summed E-state index contributed by atoms with van der Waals surface area (Å²) in [6.07, 6.45) is 0. The Kier molecular flexibility index (Phi) is 1.86. The molecule has 1 heterocycles. The number of anilines is 2. The van der Waals surface area contributed by atoms with Crippen molar-refractivity contribution in [2.75, 3.05) is 25.1 Å². The Morgan fingerprint density at radius 2 is 2.00 bits per heavy atom. The third-order valence-electron chi connectivity index (χ3n) is 1.50. The van der Waals surface area contributed by atoms with Crippen molar-refractivity contribution in [3.8, 4) is 0 Å². The standard InChI is InChI=1S/C5H11N5O2/c1-7-4-3(6)9(11)5(8-2)10(4)12/h7,11-12H,6H2,1-2H3. The van der Waals surface area contributed by atoms with Crippen LogP contribution >= 0.6 is 0 Å². The van der Waals surface area contributed by atoms with E-state index in [1.807, 2.05) is 0 Å². The van der Waals surface area contributed by atoms with Crippen molar-refractivity contribution in [2.45, 2.75) is 0 Å². The minimum absolute atomic E-state index is 0.000556. The third-order valence-corrected chi connectivity index (χ3v) is 1.50. The molecule has 7 nitrogen and oxygen atoms in total. The number of imidazole rings is 1. The van der Waals surface area contributed by atoms with E-state index in [0.717, 1.165) is 0 Å². The number of hydrogen-bond acceptors (Lipinski definition) is 5. The van der Waals surface area contributed by atoms with E-state index in [2.05, 4.69) is 10.3 Å². The van der Waals surface area contributed by atoms with Gasteiger partial charge in [-0.2, -0.15) is 0 Å². The van der Waals surface area contributed by atoms with Gasteiger partial charge in [-0.15, -0.1) is 9.46 Å². The van der Waals surface area contributed by atoms with Gasteiger partial charge in [0.05, 0.1) is 0 Å². The van der Waals surface area contributed by atoms with Gasteiger partial charge < -0.3 is 21.5 Å². The van der Waals surface area contributed by atoms with Gasteiger partial charge in [-0.3, -0.25) is 4.99 Å². The zero-order valence-corrected chi connectivity index (χ0v) is 6.81. The van der Waals surface area contributed by atoms with Crippen molar-refractivity contribution in [1.82, 2.24) is 9.46 Å². The number of nitrogens with one attached hydrogen (secondary N) is 1. The average molecular weight is 173 g/mol. The van der Waals surface area contributed by atoms with E-state index in [1.54, 1.807) is 7.05 Å². The summed E-state index contributed by atoms with van der Waals surface area (Å²) in [7, 11) is 2.99. The quantitative estimate of drug-likeness (QED) is 0.406.